The molecule has 0 bridgehead atoms. The van der Waals surface area contributed by atoms with Crippen molar-refractivity contribution in [2.24, 2.45) is 0 Å². The Morgan fingerprint density at radius 2 is 1.80 bits per heavy atom. The summed E-state index contributed by atoms with van der Waals surface area (Å²) in [5.41, 5.74) is 0.896. The molecule has 1 amide bonds. The number of halogens is 2. The first-order valence-corrected chi connectivity index (χ1v) is 8.70. The van der Waals surface area contributed by atoms with Gasteiger partial charge in [0.1, 0.15) is 5.75 Å². The minimum Gasteiger partial charge on any atom is -0.493 e. The van der Waals surface area contributed by atoms with E-state index in [4.69, 9.17) is 25.8 Å². The van der Waals surface area contributed by atoms with Gasteiger partial charge in [0.2, 0.25) is 0 Å². The van der Waals surface area contributed by atoms with Crippen LogP contribution < -0.4 is 19.5 Å². The van der Waals surface area contributed by atoms with Gasteiger partial charge in [0.25, 0.3) is 5.91 Å². The van der Waals surface area contributed by atoms with Crippen molar-refractivity contribution in [3.05, 3.63) is 51.5 Å². The molecule has 0 aliphatic heterocycles. The Labute approximate surface area is 160 Å². The minimum absolute atomic E-state index is 0.126. The zero-order chi connectivity index (χ0) is 18.4. The Bertz CT molecular complexity index is 754. The fourth-order valence-electron chi connectivity index (χ4n) is 2.22. The highest BCUT2D eigenvalue weighted by Gasteiger charge is 2.13. The summed E-state index contributed by atoms with van der Waals surface area (Å²) >= 11 is 9.38. The van der Waals surface area contributed by atoms with E-state index in [0.29, 0.717) is 22.3 Å². The third-order valence-electron chi connectivity index (χ3n) is 3.54. The molecule has 134 valence electrons. The van der Waals surface area contributed by atoms with Gasteiger partial charge in [-0.1, -0.05) is 33.6 Å². The molecular formula is C18H19BrClNO4. The Balaban J connectivity index is 1.95. The maximum atomic E-state index is 12.1. The van der Waals surface area contributed by atoms with Gasteiger partial charge in [-0.2, -0.15) is 0 Å². The van der Waals surface area contributed by atoms with Crippen LogP contribution >= 0.6 is 27.5 Å². The lowest BCUT2D eigenvalue weighted by Crippen LogP contribution is -2.31. The summed E-state index contributed by atoms with van der Waals surface area (Å²) in [4.78, 5) is 12.1. The molecule has 25 heavy (non-hydrogen) atoms. The van der Waals surface area contributed by atoms with Crippen molar-refractivity contribution in [2.45, 2.75) is 13.0 Å². The van der Waals surface area contributed by atoms with Crippen LogP contribution in [0.25, 0.3) is 0 Å². The third-order valence-corrected chi connectivity index (χ3v) is 4.33. The molecule has 0 aromatic heterocycles. The summed E-state index contributed by atoms with van der Waals surface area (Å²) in [7, 11) is 3.15. The van der Waals surface area contributed by atoms with Crippen LogP contribution in [0.3, 0.4) is 0 Å². The van der Waals surface area contributed by atoms with Crippen LogP contribution in [-0.4, -0.2) is 26.7 Å². The Morgan fingerprint density at radius 3 is 2.44 bits per heavy atom. The minimum atomic E-state index is -0.249. The highest BCUT2D eigenvalue weighted by Crippen LogP contribution is 2.30. The van der Waals surface area contributed by atoms with E-state index in [1.807, 2.05) is 19.1 Å². The molecule has 0 fully saturated rings. The molecule has 2 aromatic rings. The number of hydrogen-bond acceptors (Lipinski definition) is 4. The van der Waals surface area contributed by atoms with E-state index in [2.05, 4.69) is 21.2 Å². The van der Waals surface area contributed by atoms with Gasteiger partial charge in [-0.05, 0) is 42.8 Å². The van der Waals surface area contributed by atoms with Crippen LogP contribution in [0.5, 0.6) is 17.2 Å². The number of hydrogen-bond donors (Lipinski definition) is 1. The number of nitrogens with one attached hydrogen (secondary N) is 1. The maximum absolute atomic E-state index is 12.1. The van der Waals surface area contributed by atoms with Crippen molar-refractivity contribution < 1.29 is 19.0 Å². The van der Waals surface area contributed by atoms with Crippen LogP contribution in [0.15, 0.2) is 40.9 Å². The normalized spacial score (nSPS) is 11.6. The number of carbonyl (C=O) groups excluding carboxylic acids is 1. The standard InChI is InChI=1S/C18H19BrClNO4/c1-11(12-4-6-16(23-2)17(8-12)24-3)21-18(22)10-25-15-7-5-13(19)9-14(15)20/h4-9,11H,10H2,1-3H3,(H,21,22). The molecule has 0 heterocycles. The average Bonchev–Trinajstić information content (AvgIpc) is 2.60. The van der Waals surface area contributed by atoms with Gasteiger partial charge < -0.3 is 19.5 Å². The zero-order valence-corrected chi connectivity index (χ0v) is 16.5. The van der Waals surface area contributed by atoms with Crippen molar-refractivity contribution in [2.75, 3.05) is 20.8 Å². The SMILES string of the molecule is COc1ccc(C(C)NC(=O)COc2ccc(Br)cc2Cl)cc1OC. The molecule has 0 spiro atoms. The fourth-order valence-corrected chi connectivity index (χ4v) is 2.95. The molecule has 0 aliphatic carbocycles. The van der Waals surface area contributed by atoms with E-state index < -0.39 is 0 Å². The number of rotatable bonds is 7. The van der Waals surface area contributed by atoms with E-state index in [9.17, 15) is 4.79 Å². The van der Waals surface area contributed by atoms with Gasteiger partial charge in [0.05, 0.1) is 25.3 Å². The molecule has 7 heteroatoms. The first-order valence-electron chi connectivity index (χ1n) is 7.53. The van der Waals surface area contributed by atoms with Crippen molar-refractivity contribution in [3.63, 3.8) is 0 Å². The summed E-state index contributed by atoms with van der Waals surface area (Å²) in [5, 5.41) is 3.31. The second-order valence-electron chi connectivity index (χ2n) is 5.27. The van der Waals surface area contributed by atoms with E-state index >= 15 is 0 Å². The van der Waals surface area contributed by atoms with Gasteiger partial charge in [-0.25, -0.2) is 0 Å². The molecule has 0 radical (unpaired) electrons. The molecule has 2 rings (SSSR count). The molecule has 1 atom stereocenters. The second kappa shape index (κ2) is 8.97. The molecule has 5 nitrogen and oxygen atoms in total. The second-order valence-corrected chi connectivity index (χ2v) is 6.59. The first kappa shape index (κ1) is 19.4. The zero-order valence-electron chi connectivity index (χ0n) is 14.1. The van der Waals surface area contributed by atoms with E-state index in [0.717, 1.165) is 10.0 Å². The van der Waals surface area contributed by atoms with Gasteiger partial charge in [0.15, 0.2) is 18.1 Å². The van der Waals surface area contributed by atoms with Crippen LogP contribution in [-0.2, 0) is 4.79 Å². The average molecular weight is 429 g/mol. The summed E-state index contributed by atoms with van der Waals surface area (Å²) in [6.45, 7) is 1.75. The summed E-state index contributed by atoms with van der Waals surface area (Å²) in [5.74, 6) is 1.46. The monoisotopic (exact) mass is 427 g/mol. The largest absolute Gasteiger partial charge is 0.493 e. The Morgan fingerprint density at radius 1 is 1.12 bits per heavy atom. The predicted molar refractivity (Wildman–Crippen MR) is 101 cm³/mol. The van der Waals surface area contributed by atoms with Crippen molar-refractivity contribution in [3.8, 4) is 17.2 Å². The number of amides is 1. The molecule has 1 unspecified atom stereocenters. The number of carbonyl (C=O) groups is 1. The summed E-state index contributed by atoms with van der Waals surface area (Å²) in [6.07, 6.45) is 0. The van der Waals surface area contributed by atoms with Crippen LogP contribution in [0.2, 0.25) is 5.02 Å². The van der Waals surface area contributed by atoms with Gasteiger partial charge in [0, 0.05) is 4.47 Å². The highest BCUT2D eigenvalue weighted by atomic mass is 79.9. The lowest BCUT2D eigenvalue weighted by Gasteiger charge is -2.17. The lowest BCUT2D eigenvalue weighted by molar-refractivity contribution is -0.123. The van der Waals surface area contributed by atoms with E-state index in [-0.39, 0.29) is 18.6 Å². The molecule has 0 saturated heterocycles. The fraction of sp³-hybridized carbons (Fsp3) is 0.278. The predicted octanol–water partition coefficient (Wildman–Crippen LogP) is 4.38. The van der Waals surface area contributed by atoms with E-state index in [1.54, 1.807) is 38.5 Å². The molecule has 0 saturated carbocycles. The van der Waals surface area contributed by atoms with Crippen molar-refractivity contribution in [1.82, 2.24) is 5.32 Å². The van der Waals surface area contributed by atoms with E-state index in [1.165, 1.54) is 0 Å². The smallest absolute Gasteiger partial charge is 0.258 e. The summed E-state index contributed by atoms with van der Waals surface area (Å²) in [6, 6.07) is 10.5. The molecule has 0 aliphatic rings. The Kier molecular flexibility index (Phi) is 6.96. The summed E-state index contributed by atoms with van der Waals surface area (Å²) < 4.78 is 16.8. The number of ether oxygens (including phenoxy) is 3. The quantitative estimate of drug-likeness (QED) is 0.711. The molecule has 1 N–H and O–H groups in total. The van der Waals surface area contributed by atoms with Crippen LogP contribution in [0.1, 0.15) is 18.5 Å². The number of methoxy groups -OCH3 is 2. The Hall–Kier alpha value is -1.92. The highest BCUT2D eigenvalue weighted by molar-refractivity contribution is 9.10. The topological polar surface area (TPSA) is 56.8 Å². The first-order chi connectivity index (χ1) is 11.9. The molecular weight excluding hydrogens is 410 g/mol. The van der Waals surface area contributed by atoms with Gasteiger partial charge in [-0.3, -0.25) is 4.79 Å². The van der Waals surface area contributed by atoms with Gasteiger partial charge >= 0.3 is 0 Å². The number of benzene rings is 2. The lowest BCUT2D eigenvalue weighted by atomic mass is 10.1. The van der Waals surface area contributed by atoms with Crippen LogP contribution in [0, 0.1) is 0 Å². The third kappa shape index (κ3) is 5.28. The van der Waals surface area contributed by atoms with Crippen molar-refractivity contribution in [1.29, 1.82) is 0 Å². The molecule has 2 aromatic carbocycles. The van der Waals surface area contributed by atoms with Gasteiger partial charge in [-0.15, -0.1) is 0 Å². The maximum Gasteiger partial charge on any atom is 0.258 e. The van der Waals surface area contributed by atoms with Crippen LogP contribution in [0.4, 0.5) is 0 Å². The van der Waals surface area contributed by atoms with Crippen molar-refractivity contribution >= 4 is 33.4 Å².